The molecule has 4 nitrogen and oxygen atoms in total. The summed E-state index contributed by atoms with van der Waals surface area (Å²) in [6.07, 6.45) is 2.32. The normalized spacial score (nSPS) is 17.3. The highest BCUT2D eigenvalue weighted by atomic mass is 35.5. The van der Waals surface area contributed by atoms with Gasteiger partial charge in [0.15, 0.2) is 0 Å². The molecule has 0 radical (unpaired) electrons. The van der Waals surface area contributed by atoms with Gasteiger partial charge in [-0.2, -0.15) is 0 Å². The Morgan fingerprint density at radius 2 is 1.88 bits per heavy atom. The van der Waals surface area contributed by atoms with Crippen molar-refractivity contribution in [2.45, 2.75) is 28.7 Å². The lowest BCUT2D eigenvalue weighted by molar-refractivity contribution is -0.117. The standard InChI is InChI=1S/C20H25N3OS.ClH/c1-21-16-8-7-13-23(14-16)15-20(24)22-18-11-5-6-12-19(18)25-17-9-3-2-4-10-17;/h2-6,9-12,16,21H,7-8,13-15H2,1H3,(H,22,24);1H. The van der Waals surface area contributed by atoms with Crippen LogP contribution in [0.3, 0.4) is 0 Å². The molecule has 1 unspecified atom stereocenters. The third-order valence-corrected chi connectivity index (χ3v) is 5.50. The molecule has 0 spiro atoms. The predicted octanol–water partition coefficient (Wildman–Crippen LogP) is 3.88. The van der Waals surface area contributed by atoms with E-state index in [0.29, 0.717) is 12.6 Å². The van der Waals surface area contributed by atoms with Gasteiger partial charge in [0.2, 0.25) is 5.91 Å². The first-order valence-corrected chi connectivity index (χ1v) is 9.57. The highest BCUT2D eigenvalue weighted by Crippen LogP contribution is 2.33. The summed E-state index contributed by atoms with van der Waals surface area (Å²) in [5, 5.41) is 6.41. The average molecular weight is 392 g/mol. The molecule has 1 saturated heterocycles. The monoisotopic (exact) mass is 391 g/mol. The smallest absolute Gasteiger partial charge is 0.238 e. The minimum atomic E-state index is 0. The average Bonchev–Trinajstić information content (AvgIpc) is 2.64. The van der Waals surface area contributed by atoms with Gasteiger partial charge in [0.05, 0.1) is 12.2 Å². The fourth-order valence-corrected chi connectivity index (χ4v) is 4.02. The van der Waals surface area contributed by atoms with E-state index in [-0.39, 0.29) is 18.3 Å². The Morgan fingerprint density at radius 3 is 2.65 bits per heavy atom. The predicted molar refractivity (Wildman–Crippen MR) is 111 cm³/mol. The second-order valence-electron chi connectivity index (χ2n) is 6.32. The number of hydrogen-bond acceptors (Lipinski definition) is 4. The largest absolute Gasteiger partial charge is 0.324 e. The van der Waals surface area contributed by atoms with E-state index < -0.39 is 0 Å². The van der Waals surface area contributed by atoms with Crippen molar-refractivity contribution in [2.75, 3.05) is 32.0 Å². The molecule has 3 rings (SSSR count). The molecule has 140 valence electrons. The molecule has 2 N–H and O–H groups in total. The Kier molecular flexibility index (Phi) is 8.45. The summed E-state index contributed by atoms with van der Waals surface area (Å²) in [5.74, 6) is 0.0536. The van der Waals surface area contributed by atoms with Gasteiger partial charge in [0, 0.05) is 22.4 Å². The quantitative estimate of drug-likeness (QED) is 0.784. The van der Waals surface area contributed by atoms with Crippen molar-refractivity contribution in [1.29, 1.82) is 0 Å². The minimum Gasteiger partial charge on any atom is -0.324 e. The van der Waals surface area contributed by atoms with E-state index in [0.717, 1.165) is 35.0 Å². The van der Waals surface area contributed by atoms with Gasteiger partial charge in [-0.1, -0.05) is 42.1 Å². The lowest BCUT2D eigenvalue weighted by Crippen LogP contribution is -2.46. The zero-order chi connectivity index (χ0) is 17.5. The van der Waals surface area contributed by atoms with Gasteiger partial charge in [-0.25, -0.2) is 0 Å². The Bertz CT molecular complexity index is 698. The molecule has 2 aromatic carbocycles. The fourth-order valence-electron chi connectivity index (χ4n) is 3.10. The summed E-state index contributed by atoms with van der Waals surface area (Å²) in [4.78, 5) is 17.0. The van der Waals surface area contributed by atoms with Crippen molar-refractivity contribution in [3.05, 3.63) is 54.6 Å². The molecule has 2 aromatic rings. The number of halogens is 1. The number of hydrogen-bond donors (Lipinski definition) is 2. The van der Waals surface area contributed by atoms with Gasteiger partial charge >= 0.3 is 0 Å². The first-order chi connectivity index (χ1) is 12.2. The fraction of sp³-hybridized carbons (Fsp3) is 0.350. The van der Waals surface area contributed by atoms with Crippen LogP contribution in [-0.2, 0) is 4.79 Å². The third-order valence-electron chi connectivity index (χ3n) is 4.41. The van der Waals surface area contributed by atoms with Crippen molar-refractivity contribution < 1.29 is 4.79 Å². The number of rotatable bonds is 6. The van der Waals surface area contributed by atoms with Crippen molar-refractivity contribution in [3.8, 4) is 0 Å². The molecule has 1 amide bonds. The van der Waals surface area contributed by atoms with E-state index in [9.17, 15) is 4.79 Å². The SMILES string of the molecule is CNC1CCCN(CC(=O)Nc2ccccc2Sc2ccccc2)C1.Cl. The van der Waals surface area contributed by atoms with Crippen LogP contribution in [0.15, 0.2) is 64.4 Å². The molecule has 1 atom stereocenters. The molecule has 1 aliphatic rings. The highest BCUT2D eigenvalue weighted by Gasteiger charge is 2.20. The van der Waals surface area contributed by atoms with Crippen LogP contribution in [0.25, 0.3) is 0 Å². The number of carbonyl (C=O) groups excluding carboxylic acids is 1. The first kappa shape index (κ1) is 20.8. The molecule has 0 bridgehead atoms. The zero-order valence-corrected chi connectivity index (χ0v) is 16.6. The number of carbonyl (C=O) groups is 1. The Morgan fingerprint density at radius 1 is 1.15 bits per heavy atom. The summed E-state index contributed by atoms with van der Waals surface area (Å²) in [7, 11) is 1.99. The maximum absolute atomic E-state index is 12.5. The Hall–Kier alpha value is -1.53. The molecule has 26 heavy (non-hydrogen) atoms. The van der Waals surface area contributed by atoms with Crippen molar-refractivity contribution in [3.63, 3.8) is 0 Å². The molecule has 0 aromatic heterocycles. The van der Waals surface area contributed by atoms with Crippen LogP contribution in [-0.4, -0.2) is 43.5 Å². The maximum atomic E-state index is 12.5. The third kappa shape index (κ3) is 6.02. The highest BCUT2D eigenvalue weighted by molar-refractivity contribution is 7.99. The van der Waals surface area contributed by atoms with Gasteiger partial charge in [-0.05, 0) is 50.7 Å². The second kappa shape index (κ2) is 10.6. The van der Waals surface area contributed by atoms with Crippen molar-refractivity contribution in [2.24, 2.45) is 0 Å². The van der Waals surface area contributed by atoms with Crippen LogP contribution in [0.4, 0.5) is 5.69 Å². The van der Waals surface area contributed by atoms with Gasteiger partial charge in [0.1, 0.15) is 0 Å². The van der Waals surface area contributed by atoms with Gasteiger partial charge < -0.3 is 10.6 Å². The minimum absolute atomic E-state index is 0. The summed E-state index contributed by atoms with van der Waals surface area (Å²) >= 11 is 1.67. The second-order valence-corrected chi connectivity index (χ2v) is 7.44. The van der Waals surface area contributed by atoms with Gasteiger partial charge in [-0.15, -0.1) is 12.4 Å². The van der Waals surface area contributed by atoms with E-state index >= 15 is 0 Å². The van der Waals surface area contributed by atoms with Crippen LogP contribution >= 0.6 is 24.2 Å². The number of amides is 1. The number of nitrogens with one attached hydrogen (secondary N) is 2. The Balaban J connectivity index is 0.00000243. The zero-order valence-electron chi connectivity index (χ0n) is 15.0. The number of piperidine rings is 1. The molecule has 0 aliphatic carbocycles. The molecule has 1 aliphatic heterocycles. The number of anilines is 1. The van der Waals surface area contributed by atoms with E-state index in [1.165, 1.54) is 6.42 Å². The van der Waals surface area contributed by atoms with Crippen molar-refractivity contribution >= 4 is 35.8 Å². The van der Waals surface area contributed by atoms with Gasteiger partial charge in [0.25, 0.3) is 0 Å². The number of likely N-dealkylation sites (tertiary alicyclic amines) is 1. The maximum Gasteiger partial charge on any atom is 0.238 e. The van der Waals surface area contributed by atoms with Crippen LogP contribution < -0.4 is 10.6 Å². The molecule has 0 saturated carbocycles. The number of likely N-dealkylation sites (N-methyl/N-ethyl adjacent to an activating group) is 1. The van der Waals surface area contributed by atoms with E-state index in [1.54, 1.807) is 11.8 Å². The van der Waals surface area contributed by atoms with Crippen LogP contribution in [0, 0.1) is 0 Å². The summed E-state index contributed by atoms with van der Waals surface area (Å²) in [6, 6.07) is 18.7. The van der Waals surface area contributed by atoms with Crippen molar-refractivity contribution in [1.82, 2.24) is 10.2 Å². The van der Waals surface area contributed by atoms with Crippen LogP contribution in [0.5, 0.6) is 0 Å². The number of para-hydroxylation sites is 1. The van der Waals surface area contributed by atoms with Gasteiger partial charge in [-0.3, -0.25) is 9.69 Å². The Labute approximate surface area is 166 Å². The lowest BCUT2D eigenvalue weighted by atomic mass is 10.1. The lowest BCUT2D eigenvalue weighted by Gasteiger charge is -2.31. The summed E-state index contributed by atoms with van der Waals surface area (Å²) in [6.45, 7) is 2.37. The molecule has 1 heterocycles. The molecule has 6 heteroatoms. The summed E-state index contributed by atoms with van der Waals surface area (Å²) in [5.41, 5.74) is 0.878. The molecular formula is C20H26ClN3OS. The molecule has 1 fully saturated rings. The van der Waals surface area contributed by atoms with E-state index in [1.807, 2.05) is 49.5 Å². The van der Waals surface area contributed by atoms with E-state index in [2.05, 4.69) is 27.7 Å². The number of benzene rings is 2. The number of nitrogens with zero attached hydrogens (tertiary/aromatic N) is 1. The van der Waals surface area contributed by atoms with Crippen LogP contribution in [0.2, 0.25) is 0 Å². The topological polar surface area (TPSA) is 44.4 Å². The first-order valence-electron chi connectivity index (χ1n) is 8.76. The van der Waals surface area contributed by atoms with Crippen LogP contribution in [0.1, 0.15) is 12.8 Å². The summed E-state index contributed by atoms with van der Waals surface area (Å²) < 4.78 is 0. The molecular weight excluding hydrogens is 366 g/mol. The van der Waals surface area contributed by atoms with E-state index in [4.69, 9.17) is 0 Å².